The Morgan fingerprint density at radius 2 is 0.839 bits per heavy atom. The normalized spacial score (nSPS) is 11.6. The monoisotopic (exact) mass is 713 g/mol. The lowest BCUT2D eigenvalue weighted by Crippen LogP contribution is -2.11. The van der Waals surface area contributed by atoms with Crippen molar-refractivity contribution in [2.45, 2.75) is 0 Å². The molecule has 0 radical (unpaired) electrons. The Bertz CT molecular complexity index is 3230. The average molecular weight is 714 g/mol. The van der Waals surface area contributed by atoms with E-state index in [9.17, 15) is 0 Å². The quantitative estimate of drug-likeness (QED) is 0.160. The summed E-state index contributed by atoms with van der Waals surface area (Å²) in [6, 6.07) is 76.3. The summed E-state index contributed by atoms with van der Waals surface area (Å²) in [5.41, 5.74) is 12.0. The Labute approximate surface area is 325 Å². The Morgan fingerprint density at radius 1 is 0.286 bits per heavy atom. The Kier molecular flexibility index (Phi) is 7.53. The van der Waals surface area contributed by atoms with Crippen molar-refractivity contribution >= 4 is 71.3 Å². The number of para-hydroxylation sites is 2. The van der Waals surface area contributed by atoms with Crippen molar-refractivity contribution in [3.8, 4) is 33.4 Å². The Hall–Kier alpha value is -7.42. The van der Waals surface area contributed by atoms with Crippen molar-refractivity contribution in [2.75, 3.05) is 4.90 Å². The van der Waals surface area contributed by atoms with E-state index in [1.807, 2.05) is 0 Å². The SMILES string of the molecule is c1ccc(-c2ccc(N(c3ccccc3-c3ccc(-c4cc5ccccc5c5ccccc45)cc3)c3cccc4c3oc3c5ccccc5ccc43)cc2)cc1. The topological polar surface area (TPSA) is 16.4 Å². The van der Waals surface area contributed by atoms with Gasteiger partial charge in [0.2, 0.25) is 0 Å². The lowest BCUT2D eigenvalue weighted by Gasteiger charge is -2.28. The maximum Gasteiger partial charge on any atom is 0.159 e. The van der Waals surface area contributed by atoms with Crippen LogP contribution in [-0.4, -0.2) is 0 Å². The average Bonchev–Trinajstić information content (AvgIpc) is 3.67. The molecule has 0 saturated carbocycles. The Balaban J connectivity index is 1.09. The van der Waals surface area contributed by atoms with E-state index in [-0.39, 0.29) is 0 Å². The molecule has 0 saturated heterocycles. The highest BCUT2D eigenvalue weighted by Crippen LogP contribution is 2.47. The molecule has 1 heterocycles. The molecule has 0 fully saturated rings. The molecule has 262 valence electrons. The maximum atomic E-state index is 6.95. The van der Waals surface area contributed by atoms with Gasteiger partial charge in [0.25, 0.3) is 0 Å². The standard InChI is InChI=1S/C54H35NO/c1-2-13-36(14-3-1)37-29-32-42(33-30-37)55(52-24-12-22-48-49-34-31-38-15-4-7-19-45(38)53(49)56-54(48)52)51-23-11-10-18-44(51)39-25-27-40(28-26-39)50-35-41-16-5-6-17-43(41)46-20-8-9-21-47(46)50/h1-35H. The van der Waals surface area contributed by atoms with E-state index in [4.69, 9.17) is 4.42 Å². The van der Waals surface area contributed by atoms with Gasteiger partial charge in [0.1, 0.15) is 5.58 Å². The maximum absolute atomic E-state index is 6.95. The number of hydrogen-bond acceptors (Lipinski definition) is 2. The number of rotatable bonds is 6. The van der Waals surface area contributed by atoms with Gasteiger partial charge < -0.3 is 9.32 Å². The van der Waals surface area contributed by atoms with E-state index in [1.165, 1.54) is 49.2 Å². The lowest BCUT2D eigenvalue weighted by atomic mass is 9.92. The van der Waals surface area contributed by atoms with Crippen molar-refractivity contribution in [1.29, 1.82) is 0 Å². The van der Waals surface area contributed by atoms with Crippen LogP contribution >= 0.6 is 0 Å². The van der Waals surface area contributed by atoms with E-state index in [1.54, 1.807) is 0 Å². The summed E-state index contributed by atoms with van der Waals surface area (Å²) < 4.78 is 6.95. The van der Waals surface area contributed by atoms with Gasteiger partial charge in [-0.25, -0.2) is 0 Å². The van der Waals surface area contributed by atoms with Crippen LogP contribution in [0.2, 0.25) is 0 Å². The molecule has 0 aliphatic heterocycles. The first-order valence-electron chi connectivity index (χ1n) is 19.2. The molecular formula is C54H35NO. The molecule has 11 rings (SSSR count). The fourth-order valence-corrected chi connectivity index (χ4v) is 8.56. The highest BCUT2D eigenvalue weighted by Gasteiger charge is 2.23. The molecule has 0 unspecified atom stereocenters. The number of furan rings is 1. The molecule has 10 aromatic carbocycles. The van der Waals surface area contributed by atoms with Gasteiger partial charge in [-0.3, -0.25) is 0 Å². The van der Waals surface area contributed by atoms with Gasteiger partial charge >= 0.3 is 0 Å². The van der Waals surface area contributed by atoms with E-state index in [0.717, 1.165) is 55.5 Å². The highest BCUT2D eigenvalue weighted by molar-refractivity contribution is 6.18. The molecule has 1 aromatic heterocycles. The van der Waals surface area contributed by atoms with E-state index in [2.05, 4.69) is 217 Å². The van der Waals surface area contributed by atoms with Crippen LogP contribution in [0.4, 0.5) is 17.1 Å². The number of fused-ring (bicyclic) bond motifs is 8. The summed E-state index contributed by atoms with van der Waals surface area (Å²) in [7, 11) is 0. The van der Waals surface area contributed by atoms with Gasteiger partial charge in [-0.15, -0.1) is 0 Å². The minimum Gasteiger partial charge on any atom is -0.453 e. The molecule has 0 aliphatic rings. The minimum atomic E-state index is 0.860. The molecule has 0 N–H and O–H groups in total. The fraction of sp³-hybridized carbons (Fsp3) is 0. The van der Waals surface area contributed by atoms with Crippen molar-refractivity contribution in [1.82, 2.24) is 0 Å². The number of anilines is 3. The summed E-state index contributed by atoms with van der Waals surface area (Å²) in [6.07, 6.45) is 0. The van der Waals surface area contributed by atoms with Crippen LogP contribution in [0.25, 0.3) is 87.6 Å². The van der Waals surface area contributed by atoms with Crippen LogP contribution in [-0.2, 0) is 0 Å². The van der Waals surface area contributed by atoms with Crippen LogP contribution < -0.4 is 4.90 Å². The predicted octanol–water partition coefficient (Wildman–Crippen LogP) is 15.5. The molecule has 0 spiro atoms. The van der Waals surface area contributed by atoms with E-state index < -0.39 is 0 Å². The number of nitrogens with zero attached hydrogens (tertiary/aromatic N) is 1. The van der Waals surface area contributed by atoms with Gasteiger partial charge in [0.05, 0.1) is 11.4 Å². The minimum absolute atomic E-state index is 0.860. The summed E-state index contributed by atoms with van der Waals surface area (Å²) in [5.74, 6) is 0. The second kappa shape index (κ2) is 13.2. The van der Waals surface area contributed by atoms with Gasteiger partial charge in [-0.05, 0) is 91.1 Å². The summed E-state index contributed by atoms with van der Waals surface area (Å²) in [5, 5.41) is 9.56. The van der Waals surface area contributed by atoms with E-state index in [0.29, 0.717) is 0 Å². The molecule has 2 nitrogen and oxygen atoms in total. The molecule has 56 heavy (non-hydrogen) atoms. The first-order valence-corrected chi connectivity index (χ1v) is 19.2. The van der Waals surface area contributed by atoms with Crippen LogP contribution in [0.3, 0.4) is 0 Å². The fourth-order valence-electron chi connectivity index (χ4n) is 8.56. The van der Waals surface area contributed by atoms with Crippen LogP contribution in [0.15, 0.2) is 217 Å². The molecule has 0 atom stereocenters. The molecular weight excluding hydrogens is 679 g/mol. The van der Waals surface area contributed by atoms with Crippen molar-refractivity contribution in [2.24, 2.45) is 0 Å². The van der Waals surface area contributed by atoms with Crippen molar-refractivity contribution in [3.05, 3.63) is 212 Å². The zero-order chi connectivity index (χ0) is 37.0. The van der Waals surface area contributed by atoms with Gasteiger partial charge in [-0.1, -0.05) is 176 Å². The third-order valence-electron chi connectivity index (χ3n) is 11.3. The predicted molar refractivity (Wildman–Crippen MR) is 237 cm³/mol. The summed E-state index contributed by atoms with van der Waals surface area (Å²) >= 11 is 0. The van der Waals surface area contributed by atoms with Crippen molar-refractivity contribution < 1.29 is 4.42 Å². The molecule has 2 heteroatoms. The third-order valence-corrected chi connectivity index (χ3v) is 11.3. The second-order valence-electron chi connectivity index (χ2n) is 14.5. The van der Waals surface area contributed by atoms with Crippen LogP contribution in [0.5, 0.6) is 0 Å². The smallest absolute Gasteiger partial charge is 0.159 e. The number of hydrogen-bond donors (Lipinski definition) is 0. The first kappa shape index (κ1) is 32.0. The summed E-state index contributed by atoms with van der Waals surface area (Å²) in [6.45, 7) is 0. The molecule has 0 amide bonds. The first-order chi connectivity index (χ1) is 27.8. The van der Waals surface area contributed by atoms with Crippen molar-refractivity contribution in [3.63, 3.8) is 0 Å². The highest BCUT2D eigenvalue weighted by atomic mass is 16.3. The Morgan fingerprint density at radius 3 is 1.64 bits per heavy atom. The largest absolute Gasteiger partial charge is 0.453 e. The van der Waals surface area contributed by atoms with Gasteiger partial charge in [-0.2, -0.15) is 0 Å². The van der Waals surface area contributed by atoms with Gasteiger partial charge in [0.15, 0.2) is 5.58 Å². The molecule has 0 bridgehead atoms. The molecule has 0 aliphatic carbocycles. The van der Waals surface area contributed by atoms with Crippen LogP contribution in [0, 0.1) is 0 Å². The van der Waals surface area contributed by atoms with E-state index >= 15 is 0 Å². The van der Waals surface area contributed by atoms with Gasteiger partial charge in [0, 0.05) is 27.4 Å². The van der Waals surface area contributed by atoms with Crippen LogP contribution in [0.1, 0.15) is 0 Å². The zero-order valence-corrected chi connectivity index (χ0v) is 30.6. The summed E-state index contributed by atoms with van der Waals surface area (Å²) in [4.78, 5) is 2.36. The molecule has 11 aromatic rings. The zero-order valence-electron chi connectivity index (χ0n) is 30.6. The third kappa shape index (κ3) is 5.26. The second-order valence-corrected chi connectivity index (χ2v) is 14.5. The lowest BCUT2D eigenvalue weighted by molar-refractivity contribution is 0.673. The number of benzene rings is 10.